The van der Waals surface area contributed by atoms with Crippen LogP contribution in [0.15, 0.2) is 29.3 Å². The van der Waals surface area contributed by atoms with Crippen LogP contribution in [-0.4, -0.2) is 29.6 Å². The summed E-state index contributed by atoms with van der Waals surface area (Å²) in [7, 11) is 1.67. The second kappa shape index (κ2) is 3.57. The van der Waals surface area contributed by atoms with Gasteiger partial charge in [0.05, 0.1) is 18.8 Å². The summed E-state index contributed by atoms with van der Waals surface area (Å²) in [4.78, 5) is 4.78. The number of hydrogen-bond acceptors (Lipinski definition) is 3. The summed E-state index contributed by atoms with van der Waals surface area (Å²) in [6, 6.07) is 7.99. The molecule has 1 aliphatic heterocycles. The Morgan fingerprint density at radius 2 is 2.06 bits per heavy atom. The fourth-order valence-corrected chi connectivity index (χ4v) is 2.98. The fourth-order valence-electron chi connectivity index (χ4n) is 2.98. The van der Waals surface area contributed by atoms with E-state index in [1.165, 1.54) is 0 Å². The molecule has 3 rings (SSSR count). The van der Waals surface area contributed by atoms with Gasteiger partial charge in [-0.1, -0.05) is 0 Å². The van der Waals surface area contributed by atoms with E-state index in [1.54, 1.807) is 7.11 Å². The second-order valence-electron chi connectivity index (χ2n) is 5.23. The van der Waals surface area contributed by atoms with Crippen molar-refractivity contribution in [2.45, 2.75) is 31.4 Å². The lowest BCUT2D eigenvalue weighted by molar-refractivity contribution is -0.0297. The lowest BCUT2D eigenvalue weighted by atomic mass is 9.66. The maximum absolute atomic E-state index is 9.74. The number of ether oxygens (including phenoxy) is 1. The van der Waals surface area contributed by atoms with E-state index in [9.17, 15) is 5.11 Å². The first-order valence-corrected chi connectivity index (χ1v) is 6.03. The first-order valence-electron chi connectivity index (χ1n) is 6.03. The van der Waals surface area contributed by atoms with Gasteiger partial charge in [-0.15, -0.1) is 0 Å². The Bertz CT molecular complexity index is 466. The predicted molar refractivity (Wildman–Crippen MR) is 66.7 cm³/mol. The highest BCUT2D eigenvalue weighted by molar-refractivity contribution is 6.02. The summed E-state index contributed by atoms with van der Waals surface area (Å²) >= 11 is 0. The molecule has 1 fully saturated rings. The molecule has 0 saturated heterocycles. The molecule has 0 amide bonds. The van der Waals surface area contributed by atoms with Crippen LogP contribution >= 0.6 is 0 Å². The molecule has 17 heavy (non-hydrogen) atoms. The third-order valence-corrected chi connectivity index (χ3v) is 4.11. The Balaban J connectivity index is 1.86. The van der Waals surface area contributed by atoms with Gasteiger partial charge in [0.15, 0.2) is 0 Å². The number of aliphatic imine (C=N–C) groups is 1. The summed E-state index contributed by atoms with van der Waals surface area (Å²) in [6.07, 6.45) is 1.53. The third-order valence-electron chi connectivity index (χ3n) is 4.11. The monoisotopic (exact) mass is 231 g/mol. The van der Waals surface area contributed by atoms with Gasteiger partial charge < -0.3 is 9.84 Å². The van der Waals surface area contributed by atoms with Crippen LogP contribution in [0, 0.1) is 5.92 Å². The molecule has 0 spiro atoms. The molecule has 3 atom stereocenters. The molecule has 1 N–H and O–H groups in total. The predicted octanol–water partition coefficient (Wildman–Crippen LogP) is 2.03. The molecule has 90 valence electrons. The molecule has 1 aromatic rings. The maximum Gasteiger partial charge on any atom is 0.118 e. The molecule has 0 unspecified atom stereocenters. The van der Waals surface area contributed by atoms with E-state index in [2.05, 4.69) is 6.92 Å². The second-order valence-corrected chi connectivity index (χ2v) is 5.23. The van der Waals surface area contributed by atoms with E-state index in [4.69, 9.17) is 9.73 Å². The minimum atomic E-state index is -0.167. The van der Waals surface area contributed by atoms with Gasteiger partial charge >= 0.3 is 0 Å². The third kappa shape index (κ3) is 1.57. The van der Waals surface area contributed by atoms with Crippen molar-refractivity contribution in [2.75, 3.05) is 7.11 Å². The van der Waals surface area contributed by atoms with E-state index in [0.717, 1.165) is 29.9 Å². The van der Waals surface area contributed by atoms with Crippen molar-refractivity contribution in [1.82, 2.24) is 0 Å². The van der Waals surface area contributed by atoms with Crippen molar-refractivity contribution in [1.29, 1.82) is 0 Å². The first-order chi connectivity index (χ1) is 8.12. The van der Waals surface area contributed by atoms with Crippen LogP contribution in [-0.2, 0) is 0 Å². The highest BCUT2D eigenvalue weighted by Crippen LogP contribution is 2.49. The Morgan fingerprint density at radius 1 is 1.35 bits per heavy atom. The van der Waals surface area contributed by atoms with Gasteiger partial charge in [0.2, 0.25) is 0 Å². The van der Waals surface area contributed by atoms with Gasteiger partial charge in [-0.05, 0) is 49.6 Å². The fraction of sp³-hybridized carbons (Fsp3) is 0.500. The smallest absolute Gasteiger partial charge is 0.118 e. The van der Waals surface area contributed by atoms with Crippen LogP contribution in [0.25, 0.3) is 0 Å². The van der Waals surface area contributed by atoms with Crippen LogP contribution < -0.4 is 4.74 Å². The van der Waals surface area contributed by atoms with E-state index in [-0.39, 0.29) is 11.6 Å². The van der Waals surface area contributed by atoms with Gasteiger partial charge in [0.25, 0.3) is 0 Å². The van der Waals surface area contributed by atoms with Crippen molar-refractivity contribution >= 4 is 5.71 Å². The topological polar surface area (TPSA) is 41.8 Å². The zero-order chi connectivity index (χ0) is 12.0. The number of hydrogen-bond donors (Lipinski definition) is 1. The molecule has 1 aliphatic carbocycles. The molecular formula is C14H17NO2. The number of fused-ring (bicyclic) bond motifs is 1. The summed E-state index contributed by atoms with van der Waals surface area (Å²) in [6.45, 7) is 2.14. The molecule has 3 nitrogen and oxygen atoms in total. The highest BCUT2D eigenvalue weighted by atomic mass is 16.5. The molecular weight excluding hydrogens is 214 g/mol. The normalized spacial score (nSPS) is 34.9. The van der Waals surface area contributed by atoms with Gasteiger partial charge in [0.1, 0.15) is 5.75 Å². The van der Waals surface area contributed by atoms with Crippen molar-refractivity contribution < 1.29 is 9.84 Å². The molecule has 0 radical (unpaired) electrons. The van der Waals surface area contributed by atoms with Crippen LogP contribution in [0.2, 0.25) is 0 Å². The number of methoxy groups -OCH3 is 1. The Morgan fingerprint density at radius 3 is 2.59 bits per heavy atom. The van der Waals surface area contributed by atoms with Gasteiger partial charge in [0, 0.05) is 11.6 Å². The SMILES string of the molecule is COc1ccc(C2=N[C@@]3(C)C[C@@H](O)[C@H]3C2)cc1. The first kappa shape index (κ1) is 10.8. The van der Waals surface area contributed by atoms with Crippen molar-refractivity contribution in [3.63, 3.8) is 0 Å². The molecule has 2 aliphatic rings. The number of aliphatic hydroxyl groups excluding tert-OH is 1. The summed E-state index contributed by atoms with van der Waals surface area (Å²) < 4.78 is 5.14. The minimum absolute atomic E-state index is 0.0192. The Hall–Kier alpha value is -1.35. The Kier molecular flexibility index (Phi) is 2.26. The maximum atomic E-state index is 9.74. The zero-order valence-corrected chi connectivity index (χ0v) is 10.2. The van der Waals surface area contributed by atoms with Crippen LogP contribution in [0.5, 0.6) is 5.75 Å². The number of aliphatic hydroxyl groups is 1. The number of nitrogens with zero attached hydrogens (tertiary/aromatic N) is 1. The molecule has 1 aromatic carbocycles. The van der Waals surface area contributed by atoms with Crippen molar-refractivity contribution in [2.24, 2.45) is 10.9 Å². The van der Waals surface area contributed by atoms with E-state index in [1.807, 2.05) is 24.3 Å². The average Bonchev–Trinajstić information content (AvgIpc) is 2.61. The Labute approximate surface area is 101 Å². The quantitative estimate of drug-likeness (QED) is 0.846. The molecule has 1 heterocycles. The molecule has 3 heteroatoms. The number of benzene rings is 1. The minimum Gasteiger partial charge on any atom is -0.497 e. The highest BCUT2D eigenvalue weighted by Gasteiger charge is 2.53. The summed E-state index contributed by atoms with van der Waals surface area (Å²) in [5, 5.41) is 9.74. The van der Waals surface area contributed by atoms with Gasteiger partial charge in [-0.3, -0.25) is 4.99 Å². The lowest BCUT2D eigenvalue weighted by Crippen LogP contribution is -2.51. The van der Waals surface area contributed by atoms with Crippen molar-refractivity contribution in [3.05, 3.63) is 29.8 Å². The van der Waals surface area contributed by atoms with Gasteiger partial charge in [-0.2, -0.15) is 0 Å². The lowest BCUT2D eigenvalue weighted by Gasteiger charge is -2.44. The summed E-state index contributed by atoms with van der Waals surface area (Å²) in [5.41, 5.74) is 2.25. The molecule has 1 saturated carbocycles. The average molecular weight is 231 g/mol. The van der Waals surface area contributed by atoms with Crippen molar-refractivity contribution in [3.8, 4) is 5.75 Å². The summed E-state index contributed by atoms with van der Waals surface area (Å²) in [5.74, 6) is 1.18. The van der Waals surface area contributed by atoms with Crippen LogP contribution in [0.4, 0.5) is 0 Å². The van der Waals surface area contributed by atoms with Crippen LogP contribution in [0.3, 0.4) is 0 Å². The zero-order valence-electron chi connectivity index (χ0n) is 10.2. The van der Waals surface area contributed by atoms with E-state index < -0.39 is 0 Å². The van der Waals surface area contributed by atoms with Crippen LogP contribution in [0.1, 0.15) is 25.3 Å². The number of rotatable bonds is 2. The van der Waals surface area contributed by atoms with Gasteiger partial charge in [-0.25, -0.2) is 0 Å². The standard InChI is InChI=1S/C14H17NO2/c1-14-8-13(16)11(14)7-12(15-14)9-3-5-10(17-2)6-4-9/h3-6,11,13,16H,7-8H2,1-2H3/t11-,13-,14+/m1/s1. The van der Waals surface area contributed by atoms with E-state index in [0.29, 0.717) is 5.92 Å². The van der Waals surface area contributed by atoms with E-state index >= 15 is 0 Å². The molecule has 0 bridgehead atoms. The largest absolute Gasteiger partial charge is 0.497 e. The molecule has 0 aromatic heterocycles.